The van der Waals surface area contributed by atoms with E-state index in [-0.39, 0.29) is 43.5 Å². The van der Waals surface area contributed by atoms with Crippen molar-refractivity contribution >= 4 is 17.1 Å². The number of ketones is 1. The number of alkyl halides is 3. The highest BCUT2D eigenvalue weighted by Crippen LogP contribution is 2.40. The van der Waals surface area contributed by atoms with E-state index in [9.17, 15) is 22.8 Å². The van der Waals surface area contributed by atoms with Crippen LogP contribution in [-0.4, -0.2) is 76.7 Å². The Hall–Kier alpha value is -2.12. The van der Waals surface area contributed by atoms with Crippen molar-refractivity contribution in [3.63, 3.8) is 0 Å². The average molecular weight is 553 g/mol. The minimum Gasteiger partial charge on any atom is -0.380 e. The number of aryl methyl sites for hydroxylation is 1. The summed E-state index contributed by atoms with van der Waals surface area (Å²) in [6.45, 7) is 3.96. The Morgan fingerprint density at radius 1 is 1.21 bits per heavy atom. The predicted octanol–water partition coefficient (Wildman–Crippen LogP) is 2.89. The lowest BCUT2D eigenvalue weighted by Crippen LogP contribution is -2.42. The average Bonchev–Trinajstić information content (AvgIpc) is 3.65. The van der Waals surface area contributed by atoms with Gasteiger partial charge in [0.25, 0.3) is 5.56 Å². The first-order valence-electron chi connectivity index (χ1n) is 13.2. The number of carbonyl (C=O) groups excluding carboxylic acids is 1. The number of thiazole rings is 1. The van der Waals surface area contributed by atoms with Crippen LogP contribution in [0.5, 0.6) is 0 Å². The van der Waals surface area contributed by atoms with Gasteiger partial charge in [0.15, 0.2) is 0 Å². The lowest BCUT2D eigenvalue weighted by molar-refractivity contribution is -0.138. The third-order valence-corrected chi connectivity index (χ3v) is 9.20. The highest BCUT2D eigenvalue weighted by Gasteiger charge is 2.41. The molecule has 206 valence electrons. The van der Waals surface area contributed by atoms with Crippen molar-refractivity contribution < 1.29 is 27.4 Å². The van der Waals surface area contributed by atoms with Crippen LogP contribution >= 0.6 is 11.3 Å². The summed E-state index contributed by atoms with van der Waals surface area (Å²) in [7, 11) is 0. The first kappa shape index (κ1) is 26.1. The predicted molar refractivity (Wildman–Crippen MR) is 133 cm³/mol. The third kappa shape index (κ3) is 5.33. The maximum Gasteiger partial charge on any atom is 0.416 e. The van der Waals surface area contributed by atoms with Crippen LogP contribution in [0.4, 0.5) is 13.2 Å². The lowest BCUT2D eigenvalue weighted by atomic mass is 9.98. The molecule has 0 saturated carbocycles. The fourth-order valence-corrected chi connectivity index (χ4v) is 7.20. The molecule has 3 unspecified atom stereocenters. The van der Waals surface area contributed by atoms with Gasteiger partial charge in [-0.1, -0.05) is 0 Å². The van der Waals surface area contributed by atoms with Crippen LogP contribution < -0.4 is 5.56 Å². The largest absolute Gasteiger partial charge is 0.416 e. The van der Waals surface area contributed by atoms with Gasteiger partial charge in [-0.15, -0.1) is 11.3 Å². The Morgan fingerprint density at radius 2 is 2.08 bits per heavy atom. The molecule has 0 radical (unpaired) electrons. The van der Waals surface area contributed by atoms with Gasteiger partial charge in [-0.3, -0.25) is 19.4 Å². The van der Waals surface area contributed by atoms with Gasteiger partial charge >= 0.3 is 6.18 Å². The van der Waals surface area contributed by atoms with Gasteiger partial charge in [-0.25, -0.2) is 4.98 Å². The molecule has 1 aliphatic carbocycles. The van der Waals surface area contributed by atoms with Gasteiger partial charge in [-0.05, 0) is 25.3 Å². The quantitative estimate of drug-likeness (QED) is 0.523. The summed E-state index contributed by atoms with van der Waals surface area (Å²) in [4.78, 5) is 35.3. The molecule has 2 aromatic rings. The zero-order valence-corrected chi connectivity index (χ0v) is 21.8. The van der Waals surface area contributed by atoms with Crippen molar-refractivity contribution in [1.82, 2.24) is 19.4 Å². The van der Waals surface area contributed by atoms with Crippen molar-refractivity contribution in [3.05, 3.63) is 49.8 Å². The van der Waals surface area contributed by atoms with Crippen molar-refractivity contribution in [2.75, 3.05) is 39.4 Å². The van der Waals surface area contributed by atoms with Gasteiger partial charge in [0.1, 0.15) is 5.78 Å². The van der Waals surface area contributed by atoms with E-state index in [4.69, 9.17) is 9.47 Å². The summed E-state index contributed by atoms with van der Waals surface area (Å²) in [6.07, 6.45) is -1.50. The number of nitrogens with zero attached hydrogens (tertiary/aromatic N) is 4. The molecule has 0 spiro atoms. The fourth-order valence-electron chi connectivity index (χ4n) is 6.29. The Labute approximate surface area is 222 Å². The van der Waals surface area contributed by atoms with Crippen LogP contribution in [-0.2, 0) is 40.0 Å². The summed E-state index contributed by atoms with van der Waals surface area (Å²) in [5.41, 5.74) is 1.67. The number of rotatable bonds is 7. The zero-order chi connectivity index (χ0) is 26.4. The van der Waals surface area contributed by atoms with Crippen molar-refractivity contribution in [2.24, 2.45) is 5.92 Å². The van der Waals surface area contributed by atoms with Crippen LogP contribution in [0.1, 0.15) is 47.2 Å². The van der Waals surface area contributed by atoms with Crippen LogP contribution in [0.25, 0.3) is 0 Å². The number of hydrogen-bond acceptors (Lipinski definition) is 8. The van der Waals surface area contributed by atoms with E-state index < -0.39 is 17.3 Å². The van der Waals surface area contributed by atoms with E-state index in [1.807, 2.05) is 10.4 Å². The molecule has 5 heterocycles. The normalized spacial score (nSPS) is 28.1. The Kier molecular flexibility index (Phi) is 7.19. The molecule has 2 fully saturated rings. The second-order valence-corrected chi connectivity index (χ2v) is 11.7. The van der Waals surface area contributed by atoms with Crippen LogP contribution in [0.15, 0.2) is 22.4 Å². The minimum atomic E-state index is -4.58. The van der Waals surface area contributed by atoms with Crippen molar-refractivity contribution in [3.8, 4) is 0 Å². The van der Waals surface area contributed by atoms with Crippen molar-refractivity contribution in [2.45, 2.75) is 63.2 Å². The number of likely N-dealkylation sites (tertiary alicyclic amines) is 1. The lowest BCUT2D eigenvalue weighted by Gasteiger charge is -2.30. The summed E-state index contributed by atoms with van der Waals surface area (Å²) in [5, 5.41) is 0. The fraction of sp³-hybridized carbons (Fsp3) is 0.654. The first-order chi connectivity index (χ1) is 18.2. The molecule has 6 rings (SSSR count). The van der Waals surface area contributed by atoms with Crippen LogP contribution in [0.3, 0.4) is 0 Å². The molecule has 0 amide bonds. The van der Waals surface area contributed by atoms with Crippen LogP contribution in [0.2, 0.25) is 0 Å². The van der Waals surface area contributed by atoms with E-state index in [1.165, 1.54) is 9.44 Å². The SMILES string of the molecule is O=C(CC1CN(C2CCOC2)C[C@@H]1OC1CCc2ncsc21)CN1CCn2c(cc(C(F)(F)F)cc2=O)C1. The van der Waals surface area contributed by atoms with E-state index >= 15 is 0 Å². The van der Waals surface area contributed by atoms with Gasteiger partial charge in [0.2, 0.25) is 0 Å². The van der Waals surface area contributed by atoms with E-state index in [0.717, 1.165) is 50.7 Å². The number of fused-ring (bicyclic) bond motifs is 2. The number of pyridine rings is 1. The van der Waals surface area contributed by atoms with Crippen LogP contribution in [0, 0.1) is 5.92 Å². The highest BCUT2D eigenvalue weighted by molar-refractivity contribution is 7.09. The maximum absolute atomic E-state index is 13.2. The standard InChI is InChI=1S/C26H31F3N4O4S/c27-26(28,29)17-8-19-11-31(4-5-33(19)24(35)9-17)12-20(34)7-16-10-32(18-3-6-36-14-18)13-23(16)37-22-2-1-21-25(22)38-15-30-21/h8-9,15-16,18,22-23H,1-7,10-14H2/t16?,18?,22?,23-/m0/s1. The Bertz CT molecular complexity index is 1240. The summed E-state index contributed by atoms with van der Waals surface area (Å²) in [6, 6.07) is 2.00. The molecule has 0 N–H and O–H groups in total. The Balaban J connectivity index is 1.11. The molecule has 12 heteroatoms. The molecule has 4 aliphatic rings. The molecule has 0 aromatic carbocycles. The van der Waals surface area contributed by atoms with E-state index in [2.05, 4.69) is 9.88 Å². The molecular formula is C26H31F3N4O4S. The number of carbonyl (C=O) groups is 1. The summed E-state index contributed by atoms with van der Waals surface area (Å²) in [5.74, 6) is 0.0809. The number of hydrogen-bond donors (Lipinski definition) is 0. The second kappa shape index (κ2) is 10.5. The molecule has 4 atom stereocenters. The summed E-state index contributed by atoms with van der Waals surface area (Å²) >= 11 is 1.63. The van der Waals surface area contributed by atoms with Gasteiger partial charge in [-0.2, -0.15) is 13.2 Å². The third-order valence-electron chi connectivity index (χ3n) is 8.24. The number of halogens is 3. The van der Waals surface area contributed by atoms with Gasteiger partial charge < -0.3 is 14.0 Å². The van der Waals surface area contributed by atoms with Crippen molar-refractivity contribution in [1.29, 1.82) is 0 Å². The zero-order valence-electron chi connectivity index (χ0n) is 21.0. The number of Topliss-reactive ketones (excluding diaryl/α,β-unsaturated/α-hetero) is 1. The second-order valence-electron chi connectivity index (χ2n) is 10.8. The van der Waals surface area contributed by atoms with Gasteiger partial charge in [0.05, 0.1) is 47.0 Å². The monoisotopic (exact) mass is 552 g/mol. The molecule has 2 aromatic heterocycles. The molecule has 0 bridgehead atoms. The topological polar surface area (TPSA) is 76.9 Å². The smallest absolute Gasteiger partial charge is 0.380 e. The summed E-state index contributed by atoms with van der Waals surface area (Å²) < 4.78 is 53.3. The number of ether oxygens (including phenoxy) is 2. The van der Waals surface area contributed by atoms with E-state index in [1.54, 1.807) is 11.3 Å². The maximum atomic E-state index is 13.2. The molecule has 38 heavy (non-hydrogen) atoms. The number of aromatic nitrogens is 2. The van der Waals surface area contributed by atoms with E-state index in [0.29, 0.717) is 37.4 Å². The minimum absolute atomic E-state index is 0.0135. The first-order valence-corrected chi connectivity index (χ1v) is 14.1. The Morgan fingerprint density at radius 3 is 2.87 bits per heavy atom. The molecule has 3 aliphatic heterocycles. The molecular weight excluding hydrogens is 521 g/mol. The molecule has 2 saturated heterocycles. The highest BCUT2D eigenvalue weighted by atomic mass is 32.1. The van der Waals surface area contributed by atoms with Gasteiger partial charge in [0, 0.05) is 69.5 Å². The molecule has 8 nitrogen and oxygen atoms in total.